The molecule has 0 unspecified atom stereocenters. The summed E-state index contributed by atoms with van der Waals surface area (Å²) in [7, 11) is 0. The maximum atomic E-state index is 6.33. The van der Waals surface area contributed by atoms with Crippen LogP contribution in [0.3, 0.4) is 0 Å². The first-order valence-electron chi connectivity index (χ1n) is 16.6. The third-order valence-corrected chi connectivity index (χ3v) is 9.67. The van der Waals surface area contributed by atoms with Gasteiger partial charge in [-0.1, -0.05) is 109 Å². The number of hydrogen-bond donors (Lipinski definition) is 0. The quantitative estimate of drug-likeness (QED) is 0.190. The van der Waals surface area contributed by atoms with Gasteiger partial charge in [0.1, 0.15) is 22.3 Å². The lowest BCUT2D eigenvalue weighted by atomic mass is 9.95. The van der Waals surface area contributed by atoms with E-state index in [4.69, 9.17) is 8.83 Å². The second-order valence-electron chi connectivity index (χ2n) is 12.5. The van der Waals surface area contributed by atoms with Crippen LogP contribution in [0.2, 0.25) is 0 Å². The van der Waals surface area contributed by atoms with E-state index in [-0.39, 0.29) is 0 Å². The van der Waals surface area contributed by atoms with Crippen molar-refractivity contribution >= 4 is 71.7 Å². The fourth-order valence-corrected chi connectivity index (χ4v) is 7.28. The van der Waals surface area contributed by atoms with Crippen LogP contribution < -0.4 is 4.90 Å². The molecule has 0 atom stereocenters. The van der Waals surface area contributed by atoms with E-state index in [9.17, 15) is 0 Å². The molecule has 8 aromatic carbocycles. The van der Waals surface area contributed by atoms with Gasteiger partial charge in [0.25, 0.3) is 0 Å². The molecule has 49 heavy (non-hydrogen) atoms. The zero-order chi connectivity index (χ0) is 32.3. The molecule has 0 spiro atoms. The van der Waals surface area contributed by atoms with Gasteiger partial charge >= 0.3 is 0 Å². The van der Waals surface area contributed by atoms with Crippen molar-refractivity contribution in [3.63, 3.8) is 0 Å². The fourth-order valence-electron chi connectivity index (χ4n) is 7.28. The molecule has 0 aliphatic rings. The van der Waals surface area contributed by atoms with Crippen LogP contribution in [-0.4, -0.2) is 0 Å². The van der Waals surface area contributed by atoms with Crippen molar-refractivity contribution in [1.29, 1.82) is 0 Å². The van der Waals surface area contributed by atoms with Gasteiger partial charge in [-0.05, 0) is 87.6 Å². The van der Waals surface area contributed by atoms with Crippen molar-refractivity contribution in [2.75, 3.05) is 4.90 Å². The van der Waals surface area contributed by atoms with Crippen LogP contribution in [0.15, 0.2) is 185 Å². The Morgan fingerprint density at radius 1 is 0.306 bits per heavy atom. The highest BCUT2D eigenvalue weighted by Crippen LogP contribution is 2.41. The predicted molar refractivity (Wildman–Crippen MR) is 204 cm³/mol. The summed E-state index contributed by atoms with van der Waals surface area (Å²) in [6.45, 7) is 0. The molecule has 2 aromatic heterocycles. The molecule has 0 amide bonds. The molecule has 0 aliphatic carbocycles. The van der Waals surface area contributed by atoms with Gasteiger partial charge in [0.2, 0.25) is 0 Å². The highest BCUT2D eigenvalue weighted by molar-refractivity contribution is 6.08. The monoisotopic (exact) mass is 627 g/mol. The Labute approximate surface area is 282 Å². The van der Waals surface area contributed by atoms with Crippen LogP contribution in [0, 0.1) is 0 Å². The first-order valence-corrected chi connectivity index (χ1v) is 16.6. The number of fused-ring (bicyclic) bond motifs is 7. The smallest absolute Gasteiger partial charge is 0.137 e. The first kappa shape index (κ1) is 27.5. The topological polar surface area (TPSA) is 29.5 Å². The summed E-state index contributed by atoms with van der Waals surface area (Å²) in [5.74, 6) is 0. The molecule has 0 N–H and O–H groups in total. The van der Waals surface area contributed by atoms with Crippen LogP contribution in [0.1, 0.15) is 0 Å². The van der Waals surface area contributed by atoms with Gasteiger partial charge in [-0.25, -0.2) is 0 Å². The van der Waals surface area contributed by atoms with E-state index in [0.717, 1.165) is 66.5 Å². The third-order valence-electron chi connectivity index (χ3n) is 9.67. The molecule has 0 saturated heterocycles. The molecule has 3 heteroatoms. The Morgan fingerprint density at radius 3 is 1.51 bits per heavy atom. The van der Waals surface area contributed by atoms with Crippen LogP contribution in [0.5, 0.6) is 0 Å². The standard InChI is InChI=1S/C46H29NO2/c1-2-9-31(10-3-1)37-14-8-11-32-17-18-33(27-42(32)37)30-19-21-34(22-20-30)47(35-23-25-40-38-12-4-6-15-43(38)48-45(40)28-35)36-24-26-41-39-13-5-7-16-44(39)49-46(41)29-36/h1-29H. The molecule has 0 radical (unpaired) electrons. The number of rotatable bonds is 5. The Bertz CT molecular complexity index is 2710. The van der Waals surface area contributed by atoms with Crippen molar-refractivity contribution in [3.8, 4) is 22.3 Å². The van der Waals surface area contributed by atoms with Crippen molar-refractivity contribution in [2.24, 2.45) is 0 Å². The Hall–Kier alpha value is -6.58. The third kappa shape index (κ3) is 4.59. The minimum absolute atomic E-state index is 0.857. The van der Waals surface area contributed by atoms with E-state index in [1.54, 1.807) is 0 Å². The Balaban J connectivity index is 1.10. The molecule has 0 bridgehead atoms. The Kier molecular flexibility index (Phi) is 6.18. The van der Waals surface area contributed by atoms with Gasteiger partial charge in [0.05, 0.1) is 0 Å². The van der Waals surface area contributed by atoms with Gasteiger partial charge in [-0.3, -0.25) is 0 Å². The van der Waals surface area contributed by atoms with Crippen molar-refractivity contribution in [1.82, 2.24) is 0 Å². The molecular weight excluding hydrogens is 599 g/mol. The number of furan rings is 2. The second-order valence-corrected chi connectivity index (χ2v) is 12.5. The summed E-state index contributed by atoms with van der Waals surface area (Å²) in [6, 6.07) is 62.1. The van der Waals surface area contributed by atoms with Gasteiger partial charge in [-0.2, -0.15) is 0 Å². The minimum atomic E-state index is 0.857. The highest BCUT2D eigenvalue weighted by Gasteiger charge is 2.18. The number of nitrogens with zero attached hydrogens (tertiary/aromatic N) is 1. The first-order chi connectivity index (χ1) is 24.3. The van der Waals surface area contributed by atoms with Gasteiger partial charge in [0.15, 0.2) is 0 Å². The summed E-state index contributed by atoms with van der Waals surface area (Å²) in [6.07, 6.45) is 0. The van der Waals surface area contributed by atoms with Crippen LogP contribution >= 0.6 is 0 Å². The normalized spacial score (nSPS) is 11.7. The maximum absolute atomic E-state index is 6.33. The molecule has 0 aliphatic heterocycles. The molecular formula is C46H29NO2. The Morgan fingerprint density at radius 2 is 0.857 bits per heavy atom. The van der Waals surface area contributed by atoms with Crippen LogP contribution in [-0.2, 0) is 0 Å². The average Bonchev–Trinajstić information content (AvgIpc) is 3.73. The zero-order valence-electron chi connectivity index (χ0n) is 26.5. The maximum Gasteiger partial charge on any atom is 0.137 e. The largest absolute Gasteiger partial charge is 0.456 e. The molecule has 2 heterocycles. The number of hydrogen-bond acceptors (Lipinski definition) is 3. The van der Waals surface area contributed by atoms with E-state index in [1.807, 2.05) is 24.3 Å². The molecule has 230 valence electrons. The van der Waals surface area contributed by atoms with Crippen LogP contribution in [0.4, 0.5) is 17.1 Å². The fraction of sp³-hybridized carbons (Fsp3) is 0. The number of para-hydroxylation sites is 2. The lowest BCUT2D eigenvalue weighted by Gasteiger charge is -2.25. The lowest BCUT2D eigenvalue weighted by Crippen LogP contribution is -2.09. The minimum Gasteiger partial charge on any atom is -0.456 e. The van der Waals surface area contributed by atoms with Crippen LogP contribution in [0.25, 0.3) is 76.9 Å². The molecule has 3 nitrogen and oxygen atoms in total. The number of benzene rings is 8. The van der Waals surface area contributed by atoms with Gasteiger partial charge in [-0.15, -0.1) is 0 Å². The van der Waals surface area contributed by atoms with Crippen molar-refractivity contribution in [3.05, 3.63) is 176 Å². The summed E-state index contributed by atoms with van der Waals surface area (Å²) in [5, 5.41) is 6.93. The highest BCUT2D eigenvalue weighted by atomic mass is 16.3. The van der Waals surface area contributed by atoms with Gasteiger partial charge in [0, 0.05) is 50.7 Å². The molecule has 10 rings (SSSR count). The molecule has 0 saturated carbocycles. The molecule has 10 aromatic rings. The number of anilines is 3. The summed E-state index contributed by atoms with van der Waals surface area (Å²) >= 11 is 0. The average molecular weight is 628 g/mol. The van der Waals surface area contributed by atoms with E-state index in [2.05, 4.69) is 157 Å². The van der Waals surface area contributed by atoms with E-state index < -0.39 is 0 Å². The van der Waals surface area contributed by atoms with Crippen molar-refractivity contribution in [2.45, 2.75) is 0 Å². The predicted octanol–water partition coefficient (Wildman–Crippen LogP) is 13.4. The summed E-state index contributed by atoms with van der Waals surface area (Å²) < 4.78 is 12.7. The van der Waals surface area contributed by atoms with E-state index in [1.165, 1.54) is 27.5 Å². The van der Waals surface area contributed by atoms with E-state index >= 15 is 0 Å². The summed E-state index contributed by atoms with van der Waals surface area (Å²) in [5.41, 5.74) is 11.4. The molecule has 0 fully saturated rings. The lowest BCUT2D eigenvalue weighted by molar-refractivity contribution is 0.669. The second kappa shape index (κ2) is 11.0. The SMILES string of the molecule is c1ccc(-c2cccc3ccc(-c4ccc(N(c5ccc6c(c5)oc5ccccc56)c5ccc6c(c5)oc5ccccc56)cc4)cc23)cc1. The van der Waals surface area contributed by atoms with Crippen molar-refractivity contribution < 1.29 is 8.83 Å². The summed E-state index contributed by atoms with van der Waals surface area (Å²) in [4.78, 5) is 2.27. The van der Waals surface area contributed by atoms with E-state index in [0.29, 0.717) is 0 Å². The zero-order valence-corrected chi connectivity index (χ0v) is 26.5. The van der Waals surface area contributed by atoms with Gasteiger partial charge < -0.3 is 13.7 Å².